The Kier molecular flexibility index (Phi) is 7.13. The van der Waals surface area contributed by atoms with E-state index in [2.05, 4.69) is 23.1 Å². The molecule has 5 nitrogen and oxygen atoms in total. The Morgan fingerprint density at radius 1 is 1.07 bits per heavy atom. The zero-order chi connectivity index (χ0) is 20.6. The molecule has 1 aliphatic carbocycles. The normalized spacial score (nSPS) is 25.5. The van der Waals surface area contributed by atoms with E-state index in [0.29, 0.717) is 31.3 Å². The second kappa shape index (κ2) is 9.27. The SMILES string of the molecule is COc1cccc2c1CCC1C2CCN1CCCCN1C(=O)CC(C)(C)CC1=O.Cl. The molecule has 1 aromatic rings. The average Bonchev–Trinajstić information content (AvgIpc) is 3.09. The maximum atomic E-state index is 12.3. The Morgan fingerprint density at radius 3 is 2.47 bits per heavy atom. The molecule has 3 aliphatic rings. The van der Waals surface area contributed by atoms with E-state index in [9.17, 15) is 9.59 Å². The summed E-state index contributed by atoms with van der Waals surface area (Å²) in [6.45, 7) is 6.78. The summed E-state index contributed by atoms with van der Waals surface area (Å²) in [5.74, 6) is 1.66. The summed E-state index contributed by atoms with van der Waals surface area (Å²) in [6, 6.07) is 7.11. The molecule has 0 aromatic heterocycles. The standard InChI is InChI=1S/C24H34N2O3.ClH/c1-24(2)15-22(27)26(23(28)16-24)13-5-4-12-25-14-11-18-17-7-6-8-21(29-3)19(17)9-10-20(18)25;/h6-8,18,20H,4-5,9-16H2,1-3H3;1H. The molecule has 2 unspecified atom stereocenters. The number of ether oxygens (including phenoxy) is 1. The number of amides is 2. The number of carbonyl (C=O) groups excluding carboxylic acids is 2. The van der Waals surface area contributed by atoms with Crippen LogP contribution in [0.2, 0.25) is 0 Å². The summed E-state index contributed by atoms with van der Waals surface area (Å²) >= 11 is 0. The van der Waals surface area contributed by atoms with Gasteiger partial charge < -0.3 is 4.74 Å². The smallest absolute Gasteiger partial charge is 0.229 e. The molecule has 2 fully saturated rings. The quantitative estimate of drug-likeness (QED) is 0.498. The molecule has 6 heteroatoms. The minimum absolute atomic E-state index is 0. The molecule has 2 atom stereocenters. The Labute approximate surface area is 186 Å². The van der Waals surface area contributed by atoms with Crippen LogP contribution in [0.5, 0.6) is 5.75 Å². The summed E-state index contributed by atoms with van der Waals surface area (Å²) < 4.78 is 5.58. The van der Waals surface area contributed by atoms with Gasteiger partial charge in [0.1, 0.15) is 5.75 Å². The minimum atomic E-state index is -0.185. The molecule has 0 radical (unpaired) electrons. The van der Waals surface area contributed by atoms with Gasteiger partial charge in [0, 0.05) is 31.3 Å². The maximum Gasteiger partial charge on any atom is 0.229 e. The highest BCUT2D eigenvalue weighted by atomic mass is 35.5. The van der Waals surface area contributed by atoms with Crippen LogP contribution in [0.4, 0.5) is 0 Å². The largest absolute Gasteiger partial charge is 0.496 e. The van der Waals surface area contributed by atoms with Crippen molar-refractivity contribution in [2.75, 3.05) is 26.7 Å². The number of nitrogens with zero attached hydrogens (tertiary/aromatic N) is 2. The zero-order valence-electron chi connectivity index (χ0n) is 18.5. The van der Waals surface area contributed by atoms with Crippen LogP contribution in [0, 0.1) is 5.41 Å². The van der Waals surface area contributed by atoms with Gasteiger partial charge in [-0.3, -0.25) is 19.4 Å². The number of hydrogen-bond acceptors (Lipinski definition) is 4. The lowest BCUT2D eigenvalue weighted by molar-refractivity contribution is -0.152. The van der Waals surface area contributed by atoms with E-state index in [4.69, 9.17) is 4.74 Å². The summed E-state index contributed by atoms with van der Waals surface area (Å²) in [6.07, 6.45) is 6.39. The summed E-state index contributed by atoms with van der Waals surface area (Å²) in [4.78, 5) is 28.8. The molecule has 0 saturated carbocycles. The fraction of sp³-hybridized carbons (Fsp3) is 0.667. The van der Waals surface area contributed by atoms with Gasteiger partial charge >= 0.3 is 0 Å². The van der Waals surface area contributed by atoms with Crippen LogP contribution in [0.25, 0.3) is 0 Å². The van der Waals surface area contributed by atoms with Crippen molar-refractivity contribution < 1.29 is 14.3 Å². The first-order valence-electron chi connectivity index (χ1n) is 11.1. The Hall–Kier alpha value is -1.59. The van der Waals surface area contributed by atoms with E-state index in [0.717, 1.165) is 38.1 Å². The predicted octanol–water partition coefficient (Wildman–Crippen LogP) is 4.18. The summed E-state index contributed by atoms with van der Waals surface area (Å²) in [5.41, 5.74) is 2.70. The highest BCUT2D eigenvalue weighted by Crippen LogP contribution is 2.44. The molecule has 0 spiro atoms. The number of methoxy groups -OCH3 is 1. The molecule has 0 bridgehead atoms. The van der Waals surface area contributed by atoms with E-state index < -0.39 is 0 Å². The lowest BCUT2D eigenvalue weighted by Gasteiger charge is -2.35. The molecular weight excluding hydrogens is 400 g/mol. The van der Waals surface area contributed by atoms with E-state index in [1.807, 2.05) is 13.8 Å². The van der Waals surface area contributed by atoms with Crippen LogP contribution in [0.3, 0.4) is 0 Å². The van der Waals surface area contributed by atoms with Crippen LogP contribution in [0.1, 0.15) is 69.4 Å². The molecular formula is C24H35ClN2O3. The number of halogens is 1. The van der Waals surface area contributed by atoms with Crippen molar-refractivity contribution in [3.05, 3.63) is 29.3 Å². The average molecular weight is 435 g/mol. The minimum Gasteiger partial charge on any atom is -0.496 e. The molecule has 2 amide bonds. The van der Waals surface area contributed by atoms with Gasteiger partial charge in [0.15, 0.2) is 0 Å². The molecule has 1 aromatic carbocycles. The molecule has 166 valence electrons. The van der Waals surface area contributed by atoms with Crippen molar-refractivity contribution in [2.45, 2.75) is 70.8 Å². The van der Waals surface area contributed by atoms with Crippen LogP contribution in [-0.2, 0) is 16.0 Å². The van der Waals surface area contributed by atoms with Gasteiger partial charge in [-0.25, -0.2) is 0 Å². The molecule has 2 aliphatic heterocycles. The Bertz CT molecular complexity index is 775. The third-order valence-electron chi connectivity index (χ3n) is 7.08. The Balaban J connectivity index is 0.00000256. The van der Waals surface area contributed by atoms with Gasteiger partial charge in [-0.2, -0.15) is 0 Å². The first-order chi connectivity index (χ1) is 13.9. The van der Waals surface area contributed by atoms with Crippen molar-refractivity contribution >= 4 is 24.2 Å². The van der Waals surface area contributed by atoms with Crippen molar-refractivity contribution in [1.29, 1.82) is 0 Å². The number of piperidine rings is 1. The number of fused-ring (bicyclic) bond motifs is 3. The number of benzene rings is 1. The van der Waals surface area contributed by atoms with E-state index >= 15 is 0 Å². The monoisotopic (exact) mass is 434 g/mol. The number of imide groups is 1. The molecule has 4 rings (SSSR count). The number of hydrogen-bond donors (Lipinski definition) is 0. The fourth-order valence-electron chi connectivity index (χ4n) is 5.67. The first-order valence-corrected chi connectivity index (χ1v) is 11.1. The number of carbonyl (C=O) groups is 2. The third-order valence-corrected chi connectivity index (χ3v) is 7.08. The third kappa shape index (κ3) is 4.52. The number of unbranched alkanes of at least 4 members (excludes halogenated alkanes) is 1. The zero-order valence-corrected chi connectivity index (χ0v) is 19.3. The second-order valence-corrected chi connectivity index (χ2v) is 9.73. The van der Waals surface area contributed by atoms with Crippen LogP contribution < -0.4 is 4.74 Å². The van der Waals surface area contributed by atoms with Gasteiger partial charge in [-0.1, -0.05) is 26.0 Å². The number of likely N-dealkylation sites (tertiary alicyclic amines) is 2. The van der Waals surface area contributed by atoms with Gasteiger partial charge in [-0.15, -0.1) is 12.4 Å². The van der Waals surface area contributed by atoms with Crippen molar-refractivity contribution in [1.82, 2.24) is 9.80 Å². The lowest BCUT2D eigenvalue weighted by Crippen LogP contribution is -2.46. The highest BCUT2D eigenvalue weighted by molar-refractivity contribution is 5.98. The van der Waals surface area contributed by atoms with Crippen molar-refractivity contribution in [2.24, 2.45) is 5.41 Å². The molecule has 30 heavy (non-hydrogen) atoms. The van der Waals surface area contributed by atoms with Gasteiger partial charge in [-0.05, 0) is 67.8 Å². The van der Waals surface area contributed by atoms with Crippen molar-refractivity contribution in [3.63, 3.8) is 0 Å². The molecule has 2 heterocycles. The van der Waals surface area contributed by atoms with Crippen LogP contribution in [-0.4, -0.2) is 54.4 Å². The first kappa shape index (κ1) is 23.1. The van der Waals surface area contributed by atoms with E-state index in [1.165, 1.54) is 28.9 Å². The summed E-state index contributed by atoms with van der Waals surface area (Å²) in [5, 5.41) is 0. The lowest BCUT2D eigenvalue weighted by atomic mass is 9.79. The summed E-state index contributed by atoms with van der Waals surface area (Å²) in [7, 11) is 1.77. The molecule has 0 N–H and O–H groups in total. The number of rotatable bonds is 6. The maximum absolute atomic E-state index is 12.3. The Morgan fingerprint density at radius 2 is 1.77 bits per heavy atom. The highest BCUT2D eigenvalue weighted by Gasteiger charge is 2.39. The van der Waals surface area contributed by atoms with Crippen LogP contribution >= 0.6 is 12.4 Å². The topological polar surface area (TPSA) is 49.9 Å². The van der Waals surface area contributed by atoms with Crippen LogP contribution in [0.15, 0.2) is 18.2 Å². The van der Waals surface area contributed by atoms with Gasteiger partial charge in [0.25, 0.3) is 0 Å². The second-order valence-electron chi connectivity index (χ2n) is 9.73. The van der Waals surface area contributed by atoms with Crippen molar-refractivity contribution in [3.8, 4) is 5.75 Å². The van der Waals surface area contributed by atoms with Gasteiger partial charge in [0.2, 0.25) is 11.8 Å². The van der Waals surface area contributed by atoms with E-state index in [-0.39, 0.29) is 29.6 Å². The fourth-order valence-corrected chi connectivity index (χ4v) is 5.67. The van der Waals surface area contributed by atoms with E-state index in [1.54, 1.807) is 7.11 Å². The predicted molar refractivity (Wildman–Crippen MR) is 120 cm³/mol. The molecule has 2 saturated heterocycles. The van der Waals surface area contributed by atoms with Gasteiger partial charge in [0.05, 0.1) is 7.11 Å².